The number of unbranched alkanes of at least 4 members (excludes halogenated alkanes) is 14. The van der Waals surface area contributed by atoms with Crippen LogP contribution in [0.5, 0.6) is 34.5 Å². The lowest BCUT2D eigenvalue weighted by Gasteiger charge is -2.21. The van der Waals surface area contributed by atoms with E-state index < -0.39 is 0 Å². The Morgan fingerprint density at radius 1 is 0.310 bits per heavy atom. The third-order valence-electron chi connectivity index (χ3n) is 10.8. The van der Waals surface area contributed by atoms with Crippen LogP contribution in [-0.4, -0.2) is 39.6 Å². The third kappa shape index (κ3) is 14.6. The lowest BCUT2D eigenvalue weighted by Crippen LogP contribution is -2.05. The molecule has 4 rings (SSSR count). The van der Waals surface area contributed by atoms with Crippen molar-refractivity contribution in [2.45, 2.75) is 156 Å². The number of hydrogen-bond acceptors (Lipinski definition) is 6. The highest BCUT2D eigenvalue weighted by Crippen LogP contribution is 2.47. The maximum Gasteiger partial charge on any atom is 0.161 e. The van der Waals surface area contributed by atoms with Crippen LogP contribution < -0.4 is 28.4 Å². The molecule has 0 amide bonds. The zero-order chi connectivity index (χ0) is 41.2. The fourth-order valence-corrected chi connectivity index (χ4v) is 7.36. The Labute approximate surface area is 351 Å². The maximum absolute atomic E-state index is 6.61. The summed E-state index contributed by atoms with van der Waals surface area (Å²) in [4.78, 5) is 0. The minimum Gasteiger partial charge on any atom is -0.490 e. The lowest BCUT2D eigenvalue weighted by molar-refractivity contribution is 0.259. The average Bonchev–Trinajstić information content (AvgIpc) is 3.24. The van der Waals surface area contributed by atoms with Crippen LogP contribution in [-0.2, 0) is 0 Å². The summed E-state index contributed by atoms with van der Waals surface area (Å²) < 4.78 is 39.5. The highest BCUT2D eigenvalue weighted by molar-refractivity contribution is 6.26. The van der Waals surface area contributed by atoms with Crippen molar-refractivity contribution in [2.75, 3.05) is 39.6 Å². The second-order valence-corrected chi connectivity index (χ2v) is 15.7. The molecule has 0 fully saturated rings. The predicted molar refractivity (Wildman–Crippen MR) is 247 cm³/mol. The smallest absolute Gasteiger partial charge is 0.161 e. The van der Waals surface area contributed by atoms with Gasteiger partial charge in [0.1, 0.15) is 0 Å². The molecule has 0 bridgehead atoms. The van der Waals surface area contributed by atoms with Crippen molar-refractivity contribution in [1.29, 1.82) is 0 Å². The Morgan fingerprint density at radius 2 is 0.517 bits per heavy atom. The first-order valence-electron chi connectivity index (χ1n) is 23.1. The van der Waals surface area contributed by atoms with Gasteiger partial charge in [-0.05, 0) is 120 Å². The van der Waals surface area contributed by atoms with Crippen molar-refractivity contribution in [3.63, 3.8) is 0 Å². The van der Waals surface area contributed by atoms with E-state index in [9.17, 15) is 0 Å². The lowest BCUT2D eigenvalue weighted by atomic mass is 9.93. The normalized spacial score (nSPS) is 11.3. The SMILES string of the molecule is C=CCCCOc1cc2c(cc1OCCCCCC)c1cc(OCCCCCC)c(OCCCC=C)cc1c1cc(OCCCCCC)c(OCCCCCC)cc21. The number of ether oxygens (including phenoxy) is 6. The quantitative estimate of drug-likeness (QED) is 0.0267. The third-order valence-corrected chi connectivity index (χ3v) is 10.8. The van der Waals surface area contributed by atoms with Crippen molar-refractivity contribution >= 4 is 32.3 Å². The van der Waals surface area contributed by atoms with Crippen molar-refractivity contribution in [1.82, 2.24) is 0 Å². The Bertz CT molecular complexity index is 1640. The standard InChI is InChI=1S/C52H76O6/c1-7-13-19-25-31-55-49-37-43-41(35-47(49)53-29-23-17-11-5)45-39-51(57-33-27-21-15-9-3)52(58-34-28-22-16-10-4)40-46(45)42-36-48(54-30-24-18-12-6)50(38-44(42)43)56-32-26-20-14-8-2/h11-12,35-40H,5-10,13-34H2,1-4H3. The molecule has 4 aromatic carbocycles. The molecule has 0 unspecified atom stereocenters. The summed E-state index contributed by atoms with van der Waals surface area (Å²) in [7, 11) is 0. The summed E-state index contributed by atoms with van der Waals surface area (Å²) in [5, 5.41) is 6.50. The Hall–Kier alpha value is -4.06. The minimum atomic E-state index is 0.583. The second-order valence-electron chi connectivity index (χ2n) is 15.7. The fourth-order valence-electron chi connectivity index (χ4n) is 7.36. The van der Waals surface area contributed by atoms with Gasteiger partial charge in [-0.15, -0.1) is 13.2 Å². The van der Waals surface area contributed by atoms with Gasteiger partial charge in [0.15, 0.2) is 34.5 Å². The molecule has 6 nitrogen and oxygen atoms in total. The molecule has 0 aliphatic carbocycles. The molecular weight excluding hydrogens is 721 g/mol. The van der Waals surface area contributed by atoms with Crippen LogP contribution in [0, 0.1) is 0 Å². The molecule has 0 radical (unpaired) electrons. The summed E-state index contributed by atoms with van der Waals surface area (Å²) >= 11 is 0. The zero-order valence-electron chi connectivity index (χ0n) is 36.9. The van der Waals surface area contributed by atoms with Crippen LogP contribution >= 0.6 is 0 Å². The largest absolute Gasteiger partial charge is 0.490 e. The van der Waals surface area contributed by atoms with Gasteiger partial charge in [-0.3, -0.25) is 0 Å². The van der Waals surface area contributed by atoms with E-state index in [1.807, 2.05) is 12.2 Å². The Morgan fingerprint density at radius 3 is 0.707 bits per heavy atom. The van der Waals surface area contributed by atoms with Crippen LogP contribution in [0.15, 0.2) is 61.7 Å². The highest BCUT2D eigenvalue weighted by Gasteiger charge is 2.20. The molecule has 0 saturated heterocycles. The monoisotopic (exact) mass is 797 g/mol. The molecule has 58 heavy (non-hydrogen) atoms. The number of fused-ring (bicyclic) bond motifs is 6. The number of hydrogen-bond donors (Lipinski definition) is 0. The van der Waals surface area contributed by atoms with E-state index >= 15 is 0 Å². The average molecular weight is 797 g/mol. The van der Waals surface area contributed by atoms with E-state index in [2.05, 4.69) is 77.3 Å². The van der Waals surface area contributed by atoms with Gasteiger partial charge in [0.05, 0.1) is 39.6 Å². The molecular formula is C52H76O6. The van der Waals surface area contributed by atoms with Gasteiger partial charge < -0.3 is 28.4 Å². The molecule has 320 valence electrons. The molecule has 0 atom stereocenters. The Balaban J connectivity index is 1.97. The first kappa shape index (κ1) is 46.6. The molecule has 0 N–H and O–H groups in total. The summed E-state index contributed by atoms with van der Waals surface area (Å²) in [6.45, 7) is 20.5. The topological polar surface area (TPSA) is 55.4 Å². The van der Waals surface area contributed by atoms with E-state index in [-0.39, 0.29) is 0 Å². The molecule has 6 heteroatoms. The molecule has 0 aromatic heterocycles. The Kier molecular flexibility index (Phi) is 22.2. The minimum absolute atomic E-state index is 0.583. The molecule has 0 saturated carbocycles. The van der Waals surface area contributed by atoms with Gasteiger partial charge in [0, 0.05) is 0 Å². The van der Waals surface area contributed by atoms with Crippen LogP contribution in [0.3, 0.4) is 0 Å². The first-order valence-corrected chi connectivity index (χ1v) is 23.1. The predicted octanol–water partition coefficient (Wildman–Crippen LogP) is 15.7. The van der Waals surface area contributed by atoms with Crippen LogP contribution in [0.1, 0.15) is 156 Å². The van der Waals surface area contributed by atoms with E-state index in [0.717, 1.165) is 144 Å². The molecule has 0 heterocycles. The van der Waals surface area contributed by atoms with Gasteiger partial charge in [-0.1, -0.05) is 117 Å². The zero-order valence-corrected chi connectivity index (χ0v) is 36.9. The van der Waals surface area contributed by atoms with Gasteiger partial charge in [0.2, 0.25) is 0 Å². The molecule has 0 aliphatic heterocycles. The number of benzene rings is 4. The van der Waals surface area contributed by atoms with E-state index in [1.54, 1.807) is 0 Å². The van der Waals surface area contributed by atoms with Crippen molar-refractivity contribution in [3.8, 4) is 34.5 Å². The summed E-state index contributed by atoms with van der Waals surface area (Å²) in [5.74, 6) is 4.65. The highest BCUT2D eigenvalue weighted by atomic mass is 16.5. The number of rotatable bonds is 34. The van der Waals surface area contributed by atoms with Crippen LogP contribution in [0.2, 0.25) is 0 Å². The van der Waals surface area contributed by atoms with Gasteiger partial charge in [0.25, 0.3) is 0 Å². The molecule has 4 aromatic rings. The molecule has 0 aliphatic rings. The second kappa shape index (κ2) is 27.6. The first-order chi connectivity index (χ1) is 28.6. The van der Waals surface area contributed by atoms with E-state index in [1.165, 1.54) is 51.4 Å². The van der Waals surface area contributed by atoms with Crippen LogP contribution in [0.4, 0.5) is 0 Å². The van der Waals surface area contributed by atoms with E-state index in [4.69, 9.17) is 28.4 Å². The van der Waals surface area contributed by atoms with E-state index in [0.29, 0.717) is 39.6 Å². The van der Waals surface area contributed by atoms with Gasteiger partial charge in [-0.25, -0.2) is 0 Å². The maximum atomic E-state index is 6.61. The fraction of sp³-hybridized carbons (Fsp3) is 0.577. The summed E-state index contributed by atoms with van der Waals surface area (Å²) in [6.07, 6.45) is 25.7. The molecule has 0 spiro atoms. The van der Waals surface area contributed by atoms with Crippen molar-refractivity contribution in [2.24, 2.45) is 0 Å². The summed E-state index contributed by atoms with van der Waals surface area (Å²) in [6, 6.07) is 13.2. The van der Waals surface area contributed by atoms with Crippen molar-refractivity contribution < 1.29 is 28.4 Å². The van der Waals surface area contributed by atoms with Gasteiger partial charge in [-0.2, -0.15) is 0 Å². The summed E-state index contributed by atoms with van der Waals surface area (Å²) in [5.41, 5.74) is 0. The number of allylic oxidation sites excluding steroid dienone is 2. The van der Waals surface area contributed by atoms with Crippen LogP contribution in [0.25, 0.3) is 32.3 Å². The van der Waals surface area contributed by atoms with Gasteiger partial charge >= 0.3 is 0 Å². The van der Waals surface area contributed by atoms with Crippen molar-refractivity contribution in [3.05, 3.63) is 61.7 Å².